The quantitative estimate of drug-likeness (QED) is 0.579. The smallest absolute Gasteiger partial charge is 0.205 e. The molecule has 7 heteroatoms. The molecule has 1 atom stereocenters. The minimum absolute atomic E-state index is 0.00439. The fourth-order valence-electron chi connectivity index (χ4n) is 4.28. The lowest BCUT2D eigenvalue weighted by molar-refractivity contribution is -0.114. The summed E-state index contributed by atoms with van der Waals surface area (Å²) in [5.41, 5.74) is 9.44. The molecule has 4 rings (SSSR count). The number of hydrogen-bond donors (Lipinski definition) is 2. The Morgan fingerprint density at radius 2 is 1.94 bits per heavy atom. The van der Waals surface area contributed by atoms with E-state index in [2.05, 4.69) is 68.3 Å². The fourth-order valence-corrected chi connectivity index (χ4v) is 4.28. The van der Waals surface area contributed by atoms with E-state index in [1.165, 1.54) is 0 Å². The van der Waals surface area contributed by atoms with Gasteiger partial charge in [-0.15, -0.1) is 10.2 Å². The Bertz CT molecular complexity index is 1070. The van der Waals surface area contributed by atoms with Crippen molar-refractivity contribution < 1.29 is 4.79 Å². The number of benzene rings is 2. The third kappa shape index (κ3) is 4.41. The summed E-state index contributed by atoms with van der Waals surface area (Å²) in [5, 5.41) is 17.0. The first kappa shape index (κ1) is 20.9. The number of nitrogens with one attached hydrogen (secondary N) is 2. The number of ketones is 1. The zero-order chi connectivity index (χ0) is 21.8. The molecule has 2 N–H and O–H groups in total. The third-order valence-electron chi connectivity index (χ3n) is 5.74. The summed E-state index contributed by atoms with van der Waals surface area (Å²) in [6.45, 7) is 6.71. The number of aromatic nitrogens is 4. The van der Waals surface area contributed by atoms with Crippen molar-refractivity contribution in [3.8, 4) is 22.5 Å². The Labute approximate surface area is 182 Å². The van der Waals surface area contributed by atoms with E-state index in [0.29, 0.717) is 5.82 Å². The van der Waals surface area contributed by atoms with Gasteiger partial charge in [0.1, 0.15) is 0 Å². The number of hydrazine groups is 1. The zero-order valence-corrected chi connectivity index (χ0v) is 18.2. The highest BCUT2D eigenvalue weighted by Gasteiger charge is 2.33. The van der Waals surface area contributed by atoms with Crippen molar-refractivity contribution >= 4 is 5.78 Å². The van der Waals surface area contributed by atoms with Crippen LogP contribution in [0.25, 0.3) is 22.5 Å². The van der Waals surface area contributed by atoms with E-state index in [4.69, 9.17) is 0 Å². The number of carbonyl (C=O) groups is 1. The first-order valence-corrected chi connectivity index (χ1v) is 10.8. The number of aromatic amines is 1. The molecule has 1 aliphatic rings. The Kier molecular flexibility index (Phi) is 6.23. The van der Waals surface area contributed by atoms with Crippen LogP contribution in [0.1, 0.15) is 39.2 Å². The first-order chi connectivity index (χ1) is 15.1. The zero-order valence-electron chi connectivity index (χ0n) is 18.2. The molecule has 0 aliphatic carbocycles. The molecule has 7 nitrogen and oxygen atoms in total. The van der Waals surface area contributed by atoms with E-state index in [-0.39, 0.29) is 11.8 Å². The maximum absolute atomic E-state index is 12.4. The number of rotatable bonds is 8. The number of tetrazole rings is 1. The highest BCUT2D eigenvalue weighted by Crippen LogP contribution is 2.32. The van der Waals surface area contributed by atoms with Gasteiger partial charge in [-0.05, 0) is 54.7 Å². The van der Waals surface area contributed by atoms with E-state index < -0.39 is 0 Å². The van der Waals surface area contributed by atoms with Gasteiger partial charge in [0, 0.05) is 23.4 Å². The molecule has 0 saturated carbocycles. The minimum Gasteiger partial charge on any atom is -0.322 e. The first-order valence-electron chi connectivity index (χ1n) is 10.8. The molecule has 0 fully saturated rings. The van der Waals surface area contributed by atoms with Gasteiger partial charge >= 0.3 is 0 Å². The molecule has 31 heavy (non-hydrogen) atoms. The van der Waals surface area contributed by atoms with Crippen molar-refractivity contribution in [3.63, 3.8) is 0 Å². The van der Waals surface area contributed by atoms with Gasteiger partial charge in [-0.1, -0.05) is 55.8 Å². The Morgan fingerprint density at radius 3 is 2.61 bits per heavy atom. The van der Waals surface area contributed by atoms with Crippen LogP contribution in [0.3, 0.4) is 0 Å². The molecule has 0 saturated heterocycles. The molecule has 0 spiro atoms. The summed E-state index contributed by atoms with van der Waals surface area (Å²) in [6.07, 6.45) is 2.90. The van der Waals surface area contributed by atoms with Gasteiger partial charge < -0.3 is 5.43 Å². The van der Waals surface area contributed by atoms with Crippen molar-refractivity contribution in [1.29, 1.82) is 0 Å². The normalized spacial score (nSPS) is 16.5. The van der Waals surface area contributed by atoms with E-state index in [0.717, 1.165) is 59.3 Å². The lowest BCUT2D eigenvalue weighted by Gasteiger charge is -2.26. The fraction of sp³-hybridized carbons (Fsp3) is 0.333. The summed E-state index contributed by atoms with van der Waals surface area (Å²) in [6, 6.07) is 16.6. The van der Waals surface area contributed by atoms with Crippen LogP contribution in [0.2, 0.25) is 0 Å². The van der Waals surface area contributed by atoms with Crippen molar-refractivity contribution in [1.82, 2.24) is 31.1 Å². The van der Waals surface area contributed by atoms with Gasteiger partial charge in [-0.2, -0.15) is 5.21 Å². The minimum atomic E-state index is 0.00439. The molecule has 2 aromatic carbocycles. The van der Waals surface area contributed by atoms with E-state index in [9.17, 15) is 4.79 Å². The number of allylic oxidation sites excluding steroid dienone is 1. The second kappa shape index (κ2) is 9.22. The standard InChI is InChI=1S/C24H28N6O/c1-4-5-13-30-22(23(17(3)31)16(2)27-30)15-18-11-12-20(19-9-7-6-8-10-19)21(14-18)24-25-28-29-26-24/h6-12,14,22,27H,4-5,13,15H2,1-3H3,(H,25,26,28,29). The average Bonchev–Trinajstić information content (AvgIpc) is 3.41. The Hall–Kier alpha value is -3.32. The summed E-state index contributed by atoms with van der Waals surface area (Å²) in [5.74, 6) is 0.680. The molecule has 1 aromatic heterocycles. The summed E-state index contributed by atoms with van der Waals surface area (Å²) in [4.78, 5) is 12.4. The van der Waals surface area contributed by atoms with Gasteiger partial charge in [0.25, 0.3) is 0 Å². The predicted molar refractivity (Wildman–Crippen MR) is 121 cm³/mol. The van der Waals surface area contributed by atoms with Gasteiger partial charge in [0.05, 0.1) is 6.04 Å². The number of hydrogen-bond acceptors (Lipinski definition) is 6. The molecule has 0 amide bonds. The van der Waals surface area contributed by atoms with Crippen molar-refractivity contribution in [2.24, 2.45) is 0 Å². The maximum Gasteiger partial charge on any atom is 0.205 e. The van der Waals surface area contributed by atoms with E-state index in [1.54, 1.807) is 6.92 Å². The summed E-state index contributed by atoms with van der Waals surface area (Å²) < 4.78 is 0. The van der Waals surface area contributed by atoms with Gasteiger partial charge in [-0.25, -0.2) is 5.01 Å². The highest BCUT2D eigenvalue weighted by molar-refractivity contribution is 5.95. The molecule has 160 valence electrons. The molecule has 2 heterocycles. The monoisotopic (exact) mass is 416 g/mol. The predicted octanol–water partition coefficient (Wildman–Crippen LogP) is 3.93. The lowest BCUT2D eigenvalue weighted by atomic mass is 9.92. The molecule has 0 radical (unpaired) electrons. The van der Waals surface area contributed by atoms with Crippen molar-refractivity contribution in [2.75, 3.05) is 6.54 Å². The molecule has 3 aromatic rings. The number of unbranched alkanes of at least 4 members (excludes halogenated alkanes) is 1. The summed E-state index contributed by atoms with van der Waals surface area (Å²) >= 11 is 0. The number of nitrogens with zero attached hydrogens (tertiary/aromatic N) is 4. The molecule has 1 aliphatic heterocycles. The number of Topliss-reactive ketones (excluding diaryl/α,β-unsaturated/α-hetero) is 1. The topological polar surface area (TPSA) is 86.8 Å². The van der Waals surface area contributed by atoms with Crippen LogP contribution >= 0.6 is 0 Å². The highest BCUT2D eigenvalue weighted by atomic mass is 16.1. The average molecular weight is 417 g/mol. The third-order valence-corrected chi connectivity index (χ3v) is 5.74. The van der Waals surface area contributed by atoms with Crippen molar-refractivity contribution in [2.45, 2.75) is 46.1 Å². The van der Waals surface area contributed by atoms with Crippen LogP contribution in [0.4, 0.5) is 0 Å². The molecule has 0 bridgehead atoms. The maximum atomic E-state index is 12.4. The van der Waals surface area contributed by atoms with Gasteiger partial charge in [0.2, 0.25) is 5.82 Å². The number of H-pyrrole nitrogens is 1. The second-order valence-electron chi connectivity index (χ2n) is 7.95. The SMILES string of the molecule is CCCCN1NC(C)=C(C(C)=O)C1Cc1ccc(-c2ccccc2)c(-c2nn[nH]n2)c1. The van der Waals surface area contributed by atoms with Crippen LogP contribution in [-0.4, -0.2) is 44.0 Å². The van der Waals surface area contributed by atoms with E-state index >= 15 is 0 Å². The molecular weight excluding hydrogens is 388 g/mol. The van der Waals surface area contributed by atoms with Crippen LogP contribution in [0, 0.1) is 0 Å². The molecular formula is C24H28N6O. The van der Waals surface area contributed by atoms with Crippen LogP contribution in [0.15, 0.2) is 59.8 Å². The van der Waals surface area contributed by atoms with Crippen LogP contribution in [-0.2, 0) is 11.2 Å². The van der Waals surface area contributed by atoms with Gasteiger partial charge in [-0.3, -0.25) is 4.79 Å². The Morgan fingerprint density at radius 1 is 1.13 bits per heavy atom. The summed E-state index contributed by atoms with van der Waals surface area (Å²) in [7, 11) is 0. The van der Waals surface area contributed by atoms with E-state index in [1.807, 2.05) is 25.1 Å². The number of carbonyl (C=O) groups excluding carboxylic acids is 1. The van der Waals surface area contributed by atoms with Crippen LogP contribution in [0.5, 0.6) is 0 Å². The molecule has 1 unspecified atom stereocenters. The Balaban J connectivity index is 1.71. The van der Waals surface area contributed by atoms with Gasteiger partial charge in [0.15, 0.2) is 5.78 Å². The van der Waals surface area contributed by atoms with Crippen LogP contribution < -0.4 is 5.43 Å². The largest absolute Gasteiger partial charge is 0.322 e. The van der Waals surface area contributed by atoms with Crippen molar-refractivity contribution in [3.05, 3.63) is 65.4 Å². The lowest BCUT2D eigenvalue weighted by Crippen LogP contribution is -2.41. The second-order valence-corrected chi connectivity index (χ2v) is 7.95.